The van der Waals surface area contributed by atoms with Crippen LogP contribution in [0.15, 0.2) is 59.7 Å². The summed E-state index contributed by atoms with van der Waals surface area (Å²) in [6.07, 6.45) is 7.71. The number of benzene rings is 2. The number of ether oxygens (including phenoxy) is 4. The first-order valence-corrected chi connectivity index (χ1v) is 10.4. The molecule has 1 atom stereocenters. The lowest BCUT2D eigenvalue weighted by Gasteiger charge is -2.37. The van der Waals surface area contributed by atoms with E-state index in [2.05, 4.69) is 13.0 Å². The molecule has 2 aromatic carbocycles. The van der Waals surface area contributed by atoms with Crippen molar-refractivity contribution in [2.45, 2.75) is 38.2 Å². The number of fused-ring (bicyclic) bond motifs is 5. The number of esters is 1. The van der Waals surface area contributed by atoms with E-state index >= 15 is 0 Å². The van der Waals surface area contributed by atoms with Crippen molar-refractivity contribution in [3.05, 3.63) is 70.8 Å². The molecule has 5 rings (SSSR count). The SMILES string of the molecule is CCCCOc1ccc2c(c1)Oc1cc(OC)ccc1C21OC(=O)C2=C1C=CCC2. The van der Waals surface area contributed by atoms with E-state index in [4.69, 9.17) is 18.9 Å². The molecule has 0 amide bonds. The minimum Gasteiger partial charge on any atom is -0.497 e. The van der Waals surface area contributed by atoms with Crippen molar-refractivity contribution in [1.82, 2.24) is 0 Å². The van der Waals surface area contributed by atoms with E-state index in [1.165, 1.54) is 0 Å². The second-order valence-electron chi connectivity index (χ2n) is 7.73. The molecule has 154 valence electrons. The van der Waals surface area contributed by atoms with Gasteiger partial charge in [-0.15, -0.1) is 0 Å². The predicted octanol–water partition coefficient (Wildman–Crippen LogP) is 5.43. The molecular weight excluding hydrogens is 380 g/mol. The third-order valence-corrected chi connectivity index (χ3v) is 5.93. The first-order valence-electron chi connectivity index (χ1n) is 10.4. The highest BCUT2D eigenvalue weighted by Crippen LogP contribution is 2.58. The van der Waals surface area contributed by atoms with Crippen molar-refractivity contribution in [1.29, 1.82) is 0 Å². The maximum atomic E-state index is 12.9. The van der Waals surface area contributed by atoms with Gasteiger partial charge in [0.2, 0.25) is 0 Å². The van der Waals surface area contributed by atoms with Crippen molar-refractivity contribution in [2.75, 3.05) is 13.7 Å². The Bertz CT molecular complexity index is 1080. The molecule has 1 aliphatic carbocycles. The zero-order valence-electron chi connectivity index (χ0n) is 17.2. The summed E-state index contributed by atoms with van der Waals surface area (Å²) in [6, 6.07) is 11.4. The van der Waals surface area contributed by atoms with Gasteiger partial charge in [0, 0.05) is 34.4 Å². The predicted molar refractivity (Wildman–Crippen MR) is 112 cm³/mol. The Hall–Kier alpha value is -3.21. The Morgan fingerprint density at radius 2 is 1.80 bits per heavy atom. The van der Waals surface area contributed by atoms with E-state index in [9.17, 15) is 4.79 Å². The van der Waals surface area contributed by atoms with Crippen LogP contribution < -0.4 is 14.2 Å². The summed E-state index contributed by atoms with van der Waals surface area (Å²) in [5, 5.41) is 0. The number of hydrogen-bond acceptors (Lipinski definition) is 5. The number of allylic oxidation sites excluding steroid dienone is 1. The lowest BCUT2D eigenvalue weighted by Crippen LogP contribution is -2.33. The molecule has 0 saturated heterocycles. The lowest BCUT2D eigenvalue weighted by molar-refractivity contribution is -0.145. The summed E-state index contributed by atoms with van der Waals surface area (Å²) >= 11 is 0. The van der Waals surface area contributed by atoms with Crippen LogP contribution in [-0.2, 0) is 15.1 Å². The summed E-state index contributed by atoms with van der Waals surface area (Å²) in [5.74, 6) is 2.41. The molecule has 3 aliphatic rings. The maximum Gasteiger partial charge on any atom is 0.336 e. The molecular formula is C25H24O5. The van der Waals surface area contributed by atoms with Gasteiger partial charge in [0.1, 0.15) is 23.0 Å². The van der Waals surface area contributed by atoms with Crippen molar-refractivity contribution in [3.63, 3.8) is 0 Å². The van der Waals surface area contributed by atoms with Gasteiger partial charge < -0.3 is 18.9 Å². The van der Waals surface area contributed by atoms with Crippen molar-refractivity contribution >= 4 is 5.97 Å². The van der Waals surface area contributed by atoms with E-state index in [1.54, 1.807) is 7.11 Å². The smallest absolute Gasteiger partial charge is 0.336 e. The minimum absolute atomic E-state index is 0.257. The Morgan fingerprint density at radius 3 is 2.53 bits per heavy atom. The number of methoxy groups -OCH3 is 1. The number of unbranched alkanes of at least 4 members (excludes halogenated alkanes) is 1. The normalized spacial score (nSPS) is 20.9. The van der Waals surface area contributed by atoms with Gasteiger partial charge in [0.05, 0.1) is 13.7 Å². The molecule has 0 N–H and O–H groups in total. The van der Waals surface area contributed by atoms with Gasteiger partial charge in [-0.25, -0.2) is 4.79 Å². The van der Waals surface area contributed by atoms with E-state index < -0.39 is 5.60 Å². The standard InChI is InChI=1S/C25H24O5/c1-3-4-13-28-17-10-12-21-23(15-17)29-22-14-16(27-2)9-11-20(22)25(21)19-8-6-5-7-18(19)24(26)30-25/h6,8-12,14-15H,3-5,7,13H2,1-2H3. The maximum absolute atomic E-state index is 12.9. The first kappa shape index (κ1) is 18.8. The number of carbonyl (C=O) groups excluding carboxylic acids is 1. The Kier molecular flexibility index (Phi) is 4.54. The van der Waals surface area contributed by atoms with Gasteiger partial charge >= 0.3 is 5.97 Å². The lowest BCUT2D eigenvalue weighted by atomic mass is 9.75. The highest BCUT2D eigenvalue weighted by Gasteiger charge is 2.54. The summed E-state index contributed by atoms with van der Waals surface area (Å²) in [4.78, 5) is 12.9. The Morgan fingerprint density at radius 1 is 1.07 bits per heavy atom. The van der Waals surface area contributed by atoms with Gasteiger partial charge in [-0.05, 0) is 43.5 Å². The third kappa shape index (κ3) is 2.72. The van der Waals surface area contributed by atoms with E-state index in [0.717, 1.165) is 47.3 Å². The monoisotopic (exact) mass is 404 g/mol. The molecule has 0 radical (unpaired) electrons. The van der Waals surface area contributed by atoms with Crippen LogP contribution in [0.25, 0.3) is 0 Å². The molecule has 0 bridgehead atoms. The molecule has 0 saturated carbocycles. The molecule has 2 aliphatic heterocycles. The number of rotatable bonds is 5. The molecule has 2 heterocycles. The zero-order chi connectivity index (χ0) is 20.7. The van der Waals surface area contributed by atoms with E-state index in [0.29, 0.717) is 30.3 Å². The second-order valence-corrected chi connectivity index (χ2v) is 7.73. The summed E-state index contributed by atoms with van der Waals surface area (Å²) in [5.41, 5.74) is 2.25. The molecule has 5 nitrogen and oxygen atoms in total. The largest absolute Gasteiger partial charge is 0.497 e. The van der Waals surface area contributed by atoms with E-state index in [1.807, 2.05) is 42.5 Å². The highest BCUT2D eigenvalue weighted by molar-refractivity contribution is 5.96. The van der Waals surface area contributed by atoms with Crippen LogP contribution in [-0.4, -0.2) is 19.7 Å². The highest BCUT2D eigenvalue weighted by atomic mass is 16.6. The average Bonchev–Trinajstić information content (AvgIpc) is 3.07. The van der Waals surface area contributed by atoms with Crippen LogP contribution in [0.3, 0.4) is 0 Å². The van der Waals surface area contributed by atoms with Crippen LogP contribution in [0, 0.1) is 0 Å². The van der Waals surface area contributed by atoms with Crippen LogP contribution in [0.5, 0.6) is 23.0 Å². The van der Waals surface area contributed by atoms with Crippen molar-refractivity contribution in [2.24, 2.45) is 0 Å². The molecule has 0 aromatic heterocycles. The molecule has 1 spiro atoms. The molecule has 1 unspecified atom stereocenters. The second kappa shape index (κ2) is 7.24. The van der Waals surface area contributed by atoms with Crippen LogP contribution >= 0.6 is 0 Å². The zero-order valence-corrected chi connectivity index (χ0v) is 17.2. The van der Waals surface area contributed by atoms with Gasteiger partial charge in [-0.3, -0.25) is 0 Å². The third-order valence-electron chi connectivity index (χ3n) is 5.93. The van der Waals surface area contributed by atoms with Crippen LogP contribution in [0.1, 0.15) is 43.7 Å². The average molecular weight is 404 g/mol. The first-order chi connectivity index (χ1) is 14.7. The Balaban J connectivity index is 1.69. The van der Waals surface area contributed by atoms with Crippen molar-refractivity contribution < 1.29 is 23.7 Å². The van der Waals surface area contributed by atoms with E-state index in [-0.39, 0.29) is 5.97 Å². The van der Waals surface area contributed by atoms with Gasteiger partial charge in [-0.2, -0.15) is 0 Å². The molecule has 30 heavy (non-hydrogen) atoms. The van der Waals surface area contributed by atoms with Crippen LogP contribution in [0.4, 0.5) is 0 Å². The minimum atomic E-state index is -1.01. The Labute approximate surface area is 175 Å². The number of hydrogen-bond donors (Lipinski definition) is 0. The summed E-state index contributed by atoms with van der Waals surface area (Å²) < 4.78 is 23.7. The number of carbonyl (C=O) groups is 1. The fourth-order valence-electron chi connectivity index (χ4n) is 4.43. The van der Waals surface area contributed by atoms with Gasteiger partial charge in [-0.1, -0.05) is 25.5 Å². The summed E-state index contributed by atoms with van der Waals surface area (Å²) in [6.45, 7) is 2.78. The quantitative estimate of drug-likeness (QED) is 0.491. The fraction of sp³-hybridized carbons (Fsp3) is 0.320. The van der Waals surface area contributed by atoms with Gasteiger partial charge in [0.15, 0.2) is 5.60 Å². The van der Waals surface area contributed by atoms with Crippen LogP contribution in [0.2, 0.25) is 0 Å². The topological polar surface area (TPSA) is 54.0 Å². The fourth-order valence-corrected chi connectivity index (χ4v) is 4.43. The molecule has 0 fully saturated rings. The molecule has 5 heteroatoms. The summed E-state index contributed by atoms with van der Waals surface area (Å²) in [7, 11) is 1.62. The van der Waals surface area contributed by atoms with Gasteiger partial charge in [0.25, 0.3) is 0 Å². The van der Waals surface area contributed by atoms with Crippen molar-refractivity contribution in [3.8, 4) is 23.0 Å². The molecule has 2 aromatic rings.